The maximum Gasteiger partial charge on any atom is 0.318 e. The highest BCUT2D eigenvalue weighted by molar-refractivity contribution is 9.10. The van der Waals surface area contributed by atoms with Gasteiger partial charge in [-0.25, -0.2) is 4.79 Å². The Morgan fingerprint density at radius 2 is 2.31 bits per heavy atom. The number of carbonyl (C=O) groups excluding carboxylic acids is 1. The predicted molar refractivity (Wildman–Crippen MR) is 70.0 cm³/mol. The predicted octanol–water partition coefficient (Wildman–Crippen LogP) is 3.13. The molecule has 0 bridgehead atoms. The molecule has 3 nitrogen and oxygen atoms in total. The number of urea groups is 1. The lowest BCUT2D eigenvalue weighted by atomic mass is 10.2. The zero-order valence-electron chi connectivity index (χ0n) is 9.16. The smallest absolute Gasteiger partial charge is 0.318 e. The molecule has 0 saturated carbocycles. The Hall–Kier alpha value is -1.29. The Kier molecular flexibility index (Phi) is 5.64. The van der Waals surface area contributed by atoms with Crippen LogP contribution in [0.4, 0.5) is 4.79 Å². The first-order valence-electron chi connectivity index (χ1n) is 5.19. The van der Waals surface area contributed by atoms with Gasteiger partial charge in [0.2, 0.25) is 0 Å². The fraction of sp³-hybridized carbons (Fsp3) is 0.250. The topological polar surface area (TPSA) is 41.1 Å². The summed E-state index contributed by atoms with van der Waals surface area (Å²) < 4.78 is 1.02. The zero-order valence-corrected chi connectivity index (χ0v) is 10.8. The van der Waals surface area contributed by atoms with Gasteiger partial charge in [0, 0.05) is 17.2 Å². The molecule has 2 amide bonds. The summed E-state index contributed by atoms with van der Waals surface area (Å²) in [7, 11) is 0. The van der Waals surface area contributed by atoms with Crippen LogP contribution in [-0.4, -0.2) is 12.6 Å². The van der Waals surface area contributed by atoms with Gasteiger partial charge in [0.25, 0.3) is 0 Å². The van der Waals surface area contributed by atoms with Crippen molar-refractivity contribution < 1.29 is 4.79 Å². The summed E-state index contributed by atoms with van der Waals surface area (Å²) in [5.41, 5.74) is 1.03. The average Bonchev–Trinajstić information content (AvgIpc) is 2.26. The van der Waals surface area contributed by atoms with E-state index in [-0.39, 0.29) is 6.03 Å². The van der Waals surface area contributed by atoms with Crippen LogP contribution >= 0.6 is 15.9 Å². The van der Waals surface area contributed by atoms with Crippen molar-refractivity contribution in [2.45, 2.75) is 13.3 Å². The molecule has 1 aromatic rings. The zero-order chi connectivity index (χ0) is 11.8. The third-order valence-electron chi connectivity index (χ3n) is 1.87. The maximum absolute atomic E-state index is 11.2. The van der Waals surface area contributed by atoms with Crippen molar-refractivity contribution in [1.82, 2.24) is 10.6 Å². The second-order valence-electron chi connectivity index (χ2n) is 3.29. The molecule has 16 heavy (non-hydrogen) atoms. The van der Waals surface area contributed by atoms with Gasteiger partial charge in [-0.2, -0.15) is 0 Å². The minimum atomic E-state index is -0.173. The molecular formula is C12H15BrN2O. The molecule has 0 aliphatic carbocycles. The lowest BCUT2D eigenvalue weighted by Crippen LogP contribution is -2.32. The van der Waals surface area contributed by atoms with Crippen molar-refractivity contribution >= 4 is 28.0 Å². The van der Waals surface area contributed by atoms with Crippen molar-refractivity contribution in [2.24, 2.45) is 0 Å². The molecule has 1 rings (SSSR count). The van der Waals surface area contributed by atoms with Crippen LogP contribution in [0.25, 0.3) is 6.08 Å². The van der Waals surface area contributed by atoms with Gasteiger partial charge < -0.3 is 10.6 Å². The number of hydrogen-bond acceptors (Lipinski definition) is 1. The van der Waals surface area contributed by atoms with Crippen LogP contribution in [-0.2, 0) is 0 Å². The van der Waals surface area contributed by atoms with E-state index in [9.17, 15) is 4.79 Å². The van der Waals surface area contributed by atoms with Gasteiger partial charge in [-0.1, -0.05) is 35.0 Å². The van der Waals surface area contributed by atoms with E-state index in [0.29, 0.717) is 6.54 Å². The minimum absolute atomic E-state index is 0.173. The molecule has 2 N–H and O–H groups in total. The van der Waals surface area contributed by atoms with Crippen LogP contribution in [0.3, 0.4) is 0 Å². The summed E-state index contributed by atoms with van der Waals surface area (Å²) in [5, 5.41) is 5.36. The first-order valence-corrected chi connectivity index (χ1v) is 5.98. The number of amides is 2. The first kappa shape index (κ1) is 12.8. The van der Waals surface area contributed by atoms with Crippen LogP contribution in [0, 0.1) is 0 Å². The molecule has 0 aromatic heterocycles. The van der Waals surface area contributed by atoms with Crippen LogP contribution in [0.15, 0.2) is 34.9 Å². The number of rotatable bonds is 4. The minimum Gasteiger partial charge on any atom is -0.338 e. The van der Waals surface area contributed by atoms with Crippen LogP contribution in [0.5, 0.6) is 0 Å². The Morgan fingerprint density at radius 1 is 1.50 bits per heavy atom. The van der Waals surface area contributed by atoms with Crippen LogP contribution < -0.4 is 10.6 Å². The second kappa shape index (κ2) is 7.06. The first-order chi connectivity index (χ1) is 7.72. The van der Waals surface area contributed by atoms with E-state index in [2.05, 4.69) is 26.6 Å². The van der Waals surface area contributed by atoms with E-state index in [4.69, 9.17) is 0 Å². The molecule has 0 atom stereocenters. The summed E-state index contributed by atoms with van der Waals surface area (Å²) in [4.78, 5) is 11.2. The molecule has 0 aliphatic heterocycles. The summed E-state index contributed by atoms with van der Waals surface area (Å²) in [6.45, 7) is 2.70. The fourth-order valence-electron chi connectivity index (χ4n) is 1.11. The van der Waals surface area contributed by atoms with E-state index in [1.807, 2.05) is 37.3 Å². The Balaban J connectivity index is 2.40. The Labute approximate surface area is 104 Å². The summed E-state index contributed by atoms with van der Waals surface area (Å²) in [5.74, 6) is 0. The molecule has 0 aliphatic rings. The lowest BCUT2D eigenvalue weighted by molar-refractivity contribution is 0.244. The highest BCUT2D eigenvalue weighted by Crippen LogP contribution is 2.12. The Bertz CT molecular complexity index is 377. The molecule has 0 spiro atoms. The van der Waals surface area contributed by atoms with Crippen molar-refractivity contribution in [2.75, 3.05) is 6.54 Å². The Morgan fingerprint density at radius 3 is 3.00 bits per heavy atom. The normalized spacial score (nSPS) is 10.4. The van der Waals surface area contributed by atoms with E-state index in [1.165, 1.54) is 0 Å². The van der Waals surface area contributed by atoms with Crippen LogP contribution in [0.1, 0.15) is 18.9 Å². The molecule has 0 fully saturated rings. The van der Waals surface area contributed by atoms with Gasteiger partial charge >= 0.3 is 6.03 Å². The van der Waals surface area contributed by atoms with E-state index < -0.39 is 0 Å². The van der Waals surface area contributed by atoms with Crippen molar-refractivity contribution in [3.8, 4) is 0 Å². The summed E-state index contributed by atoms with van der Waals surface area (Å²) in [6, 6.07) is 7.67. The largest absolute Gasteiger partial charge is 0.338 e. The van der Waals surface area contributed by atoms with Crippen molar-refractivity contribution in [1.29, 1.82) is 0 Å². The monoisotopic (exact) mass is 282 g/mol. The lowest BCUT2D eigenvalue weighted by Gasteiger charge is -2.01. The third kappa shape index (κ3) is 4.98. The van der Waals surface area contributed by atoms with Gasteiger partial charge in [-0.15, -0.1) is 0 Å². The van der Waals surface area contributed by atoms with Gasteiger partial charge in [0.1, 0.15) is 0 Å². The molecule has 0 saturated heterocycles. The number of hydrogen-bond donors (Lipinski definition) is 2. The number of halogens is 1. The number of carbonyl (C=O) groups is 1. The molecule has 0 radical (unpaired) electrons. The second-order valence-corrected chi connectivity index (χ2v) is 4.20. The SMILES string of the molecule is CCCNC(=O)N/C=C/c1cccc(Br)c1. The highest BCUT2D eigenvalue weighted by Gasteiger charge is 1.93. The maximum atomic E-state index is 11.2. The van der Waals surface area contributed by atoms with Gasteiger partial charge in [0.15, 0.2) is 0 Å². The molecule has 1 aromatic carbocycles. The van der Waals surface area contributed by atoms with E-state index in [0.717, 1.165) is 16.5 Å². The third-order valence-corrected chi connectivity index (χ3v) is 2.37. The van der Waals surface area contributed by atoms with Gasteiger partial charge in [0.05, 0.1) is 0 Å². The molecule has 0 heterocycles. The van der Waals surface area contributed by atoms with Crippen LogP contribution in [0.2, 0.25) is 0 Å². The van der Waals surface area contributed by atoms with Crippen molar-refractivity contribution in [3.63, 3.8) is 0 Å². The number of benzene rings is 1. The summed E-state index contributed by atoms with van der Waals surface area (Å²) in [6.07, 6.45) is 4.41. The quantitative estimate of drug-likeness (QED) is 0.875. The average molecular weight is 283 g/mol. The van der Waals surface area contributed by atoms with Crippen molar-refractivity contribution in [3.05, 3.63) is 40.5 Å². The molecule has 4 heteroatoms. The highest BCUT2D eigenvalue weighted by atomic mass is 79.9. The molecular weight excluding hydrogens is 268 g/mol. The standard InChI is InChI=1S/C12H15BrN2O/c1-2-7-14-12(16)15-8-6-10-4-3-5-11(13)9-10/h3-6,8-9H,2,7H2,1H3,(H2,14,15,16)/b8-6+. The molecule has 86 valence electrons. The van der Waals surface area contributed by atoms with Gasteiger partial charge in [-0.05, 0) is 30.2 Å². The van der Waals surface area contributed by atoms with E-state index >= 15 is 0 Å². The molecule has 0 unspecified atom stereocenters. The van der Waals surface area contributed by atoms with E-state index in [1.54, 1.807) is 6.20 Å². The summed E-state index contributed by atoms with van der Waals surface area (Å²) >= 11 is 3.38. The van der Waals surface area contributed by atoms with Gasteiger partial charge in [-0.3, -0.25) is 0 Å². The number of nitrogens with one attached hydrogen (secondary N) is 2. The fourth-order valence-corrected chi connectivity index (χ4v) is 1.53.